The van der Waals surface area contributed by atoms with Gasteiger partial charge in [0.05, 0.1) is 12.6 Å². The molecule has 7 heteroatoms. The van der Waals surface area contributed by atoms with Gasteiger partial charge in [0.25, 0.3) is 0 Å². The number of hydrogen-bond donors (Lipinski definition) is 1. The summed E-state index contributed by atoms with van der Waals surface area (Å²) in [5, 5.41) is 2.01. The number of aliphatic imine (C=N–C) groups is 1. The van der Waals surface area contributed by atoms with Crippen LogP contribution in [0.15, 0.2) is 40.7 Å². The predicted molar refractivity (Wildman–Crippen MR) is 117 cm³/mol. The first-order valence-electron chi connectivity index (χ1n) is 9.84. The van der Waals surface area contributed by atoms with Crippen molar-refractivity contribution in [2.45, 2.75) is 65.3 Å². The minimum Gasteiger partial charge on any atom is -0.481 e. The van der Waals surface area contributed by atoms with Gasteiger partial charge in [-0.05, 0) is 63.3 Å². The number of hydrogen-bond acceptors (Lipinski definition) is 6. The average molecular weight is 416 g/mol. The van der Waals surface area contributed by atoms with Gasteiger partial charge in [0.2, 0.25) is 0 Å². The van der Waals surface area contributed by atoms with Crippen LogP contribution < -0.4 is 10.5 Å². The molecule has 2 aromatic rings. The Morgan fingerprint density at radius 1 is 1.38 bits per heavy atom. The van der Waals surface area contributed by atoms with E-state index in [1.165, 1.54) is 0 Å². The highest BCUT2D eigenvalue weighted by molar-refractivity contribution is 7.09. The first-order chi connectivity index (χ1) is 13.7. The molecule has 1 aromatic heterocycles. The Morgan fingerprint density at radius 3 is 2.76 bits per heavy atom. The zero-order chi connectivity index (χ0) is 21.2. The van der Waals surface area contributed by atoms with E-state index in [2.05, 4.69) is 11.9 Å². The van der Waals surface area contributed by atoms with Crippen molar-refractivity contribution in [3.8, 4) is 5.75 Å². The molecule has 0 aliphatic carbocycles. The Balaban J connectivity index is 1.95. The molecule has 6 nitrogen and oxygen atoms in total. The van der Waals surface area contributed by atoms with Crippen molar-refractivity contribution in [2.24, 2.45) is 10.7 Å². The molecule has 1 amide bonds. The standard InChI is InChI=1S/C22H29N3O3S/c1-6-18(15-9-10-19-17(12-15)24-20(23)14(2)27-19)25(13-16-8-7-11-29-16)21(26)28-22(3,4)5/h7-12,14,18H,6,13H2,1-5H3,(H2,23,24). The summed E-state index contributed by atoms with van der Waals surface area (Å²) in [6.07, 6.45) is 0.163. The molecule has 1 aliphatic heterocycles. The fraction of sp³-hybridized carbons (Fsp3) is 0.455. The van der Waals surface area contributed by atoms with E-state index in [0.29, 0.717) is 23.8 Å². The number of rotatable bonds is 5. The van der Waals surface area contributed by atoms with Crippen LogP contribution in [-0.2, 0) is 11.3 Å². The van der Waals surface area contributed by atoms with Gasteiger partial charge in [-0.2, -0.15) is 0 Å². The van der Waals surface area contributed by atoms with Crippen molar-refractivity contribution in [1.29, 1.82) is 0 Å². The molecule has 29 heavy (non-hydrogen) atoms. The lowest BCUT2D eigenvalue weighted by Gasteiger charge is -2.33. The number of benzene rings is 1. The van der Waals surface area contributed by atoms with Crippen LogP contribution >= 0.6 is 11.3 Å². The third kappa shape index (κ3) is 5.09. The van der Waals surface area contributed by atoms with Crippen LogP contribution in [0.3, 0.4) is 0 Å². The summed E-state index contributed by atoms with van der Waals surface area (Å²) in [6.45, 7) is 10.1. The highest BCUT2D eigenvalue weighted by atomic mass is 32.1. The first-order valence-corrected chi connectivity index (χ1v) is 10.7. The number of carbonyl (C=O) groups is 1. The van der Waals surface area contributed by atoms with Crippen molar-refractivity contribution >= 4 is 29.0 Å². The molecule has 0 spiro atoms. The van der Waals surface area contributed by atoms with Crippen molar-refractivity contribution < 1.29 is 14.3 Å². The monoisotopic (exact) mass is 415 g/mol. The lowest BCUT2D eigenvalue weighted by atomic mass is 10.0. The zero-order valence-corrected chi connectivity index (χ0v) is 18.5. The second kappa shape index (κ2) is 8.45. The van der Waals surface area contributed by atoms with E-state index in [9.17, 15) is 4.79 Å². The molecule has 1 aromatic carbocycles. The molecule has 0 bridgehead atoms. The van der Waals surface area contributed by atoms with Crippen LogP contribution in [-0.4, -0.2) is 28.5 Å². The molecule has 2 heterocycles. The second-order valence-electron chi connectivity index (χ2n) is 8.14. The molecule has 156 valence electrons. The number of nitrogens with zero attached hydrogens (tertiary/aromatic N) is 2. The molecule has 0 fully saturated rings. The smallest absolute Gasteiger partial charge is 0.411 e. The van der Waals surface area contributed by atoms with Crippen molar-refractivity contribution in [3.05, 3.63) is 46.2 Å². The van der Waals surface area contributed by atoms with E-state index in [-0.39, 0.29) is 18.2 Å². The zero-order valence-electron chi connectivity index (χ0n) is 17.6. The Kier molecular flexibility index (Phi) is 6.17. The van der Waals surface area contributed by atoms with Crippen molar-refractivity contribution in [2.75, 3.05) is 0 Å². The summed E-state index contributed by atoms with van der Waals surface area (Å²) in [4.78, 5) is 20.5. The molecule has 2 unspecified atom stereocenters. The fourth-order valence-corrected chi connectivity index (χ4v) is 3.94. The van der Waals surface area contributed by atoms with Gasteiger partial charge >= 0.3 is 6.09 Å². The lowest BCUT2D eigenvalue weighted by molar-refractivity contribution is 0.0133. The van der Waals surface area contributed by atoms with E-state index in [1.54, 1.807) is 16.2 Å². The van der Waals surface area contributed by atoms with Gasteiger partial charge in [-0.1, -0.05) is 19.1 Å². The molecule has 2 N–H and O–H groups in total. The summed E-state index contributed by atoms with van der Waals surface area (Å²) in [5.74, 6) is 1.15. The van der Waals surface area contributed by atoms with Crippen LogP contribution in [0.4, 0.5) is 10.5 Å². The number of thiophene rings is 1. The highest BCUT2D eigenvalue weighted by Crippen LogP contribution is 2.37. The first kappa shape index (κ1) is 21.2. The molecular formula is C22H29N3O3S. The molecule has 2 atom stereocenters. The van der Waals surface area contributed by atoms with E-state index < -0.39 is 5.60 Å². The maximum atomic E-state index is 13.1. The second-order valence-corrected chi connectivity index (χ2v) is 9.17. The summed E-state index contributed by atoms with van der Waals surface area (Å²) in [7, 11) is 0. The SMILES string of the molecule is CCC(c1ccc2c(c1)N=C(N)C(C)O2)N(Cc1cccs1)C(=O)OC(C)(C)C. The largest absolute Gasteiger partial charge is 0.481 e. The minimum atomic E-state index is -0.568. The van der Waals surface area contributed by atoms with E-state index in [1.807, 2.05) is 63.4 Å². The topological polar surface area (TPSA) is 77.2 Å². The van der Waals surface area contributed by atoms with E-state index in [4.69, 9.17) is 15.2 Å². The Hall–Kier alpha value is -2.54. The van der Waals surface area contributed by atoms with Crippen LogP contribution in [0.25, 0.3) is 0 Å². The van der Waals surface area contributed by atoms with Gasteiger partial charge < -0.3 is 15.2 Å². The van der Waals surface area contributed by atoms with Crippen LogP contribution in [0.2, 0.25) is 0 Å². The van der Waals surface area contributed by atoms with Gasteiger partial charge in [-0.3, -0.25) is 4.90 Å². The molecule has 0 saturated carbocycles. The Labute approximate surface area is 176 Å². The Morgan fingerprint density at radius 2 is 2.14 bits per heavy atom. The van der Waals surface area contributed by atoms with Gasteiger partial charge in [-0.25, -0.2) is 9.79 Å². The van der Waals surface area contributed by atoms with Crippen molar-refractivity contribution in [3.63, 3.8) is 0 Å². The predicted octanol–water partition coefficient (Wildman–Crippen LogP) is 5.41. The van der Waals surface area contributed by atoms with Gasteiger partial charge in [0.1, 0.15) is 22.9 Å². The number of amides is 1. The summed E-state index contributed by atoms with van der Waals surface area (Å²) < 4.78 is 11.5. The van der Waals surface area contributed by atoms with Gasteiger partial charge in [0.15, 0.2) is 6.10 Å². The quantitative estimate of drug-likeness (QED) is 0.709. The van der Waals surface area contributed by atoms with Crippen molar-refractivity contribution in [1.82, 2.24) is 4.90 Å². The molecule has 3 rings (SSSR count). The maximum absolute atomic E-state index is 13.1. The number of carbonyl (C=O) groups excluding carboxylic acids is 1. The summed E-state index contributed by atoms with van der Waals surface area (Å²) >= 11 is 1.63. The molecule has 0 radical (unpaired) electrons. The van der Waals surface area contributed by atoms with Crippen LogP contribution in [0.5, 0.6) is 5.75 Å². The minimum absolute atomic E-state index is 0.159. The van der Waals surface area contributed by atoms with Gasteiger partial charge in [-0.15, -0.1) is 11.3 Å². The maximum Gasteiger partial charge on any atom is 0.411 e. The highest BCUT2D eigenvalue weighted by Gasteiger charge is 2.30. The van der Waals surface area contributed by atoms with E-state index in [0.717, 1.165) is 16.9 Å². The lowest BCUT2D eigenvalue weighted by Crippen LogP contribution is -2.38. The molecule has 0 saturated heterocycles. The fourth-order valence-electron chi connectivity index (χ4n) is 3.24. The van der Waals surface area contributed by atoms with Crippen LogP contribution in [0.1, 0.15) is 57.5 Å². The number of nitrogens with two attached hydrogens (primary N) is 1. The van der Waals surface area contributed by atoms with Crippen LogP contribution in [0, 0.1) is 0 Å². The number of ether oxygens (including phenoxy) is 2. The average Bonchev–Trinajstić information content (AvgIpc) is 3.14. The number of amidine groups is 1. The summed E-state index contributed by atoms with van der Waals surface area (Å²) in [6, 6.07) is 9.70. The molecular weight excluding hydrogens is 386 g/mol. The molecule has 1 aliphatic rings. The van der Waals surface area contributed by atoms with Gasteiger partial charge in [0, 0.05) is 4.88 Å². The van der Waals surface area contributed by atoms with E-state index >= 15 is 0 Å². The summed E-state index contributed by atoms with van der Waals surface area (Å²) in [5.41, 5.74) is 7.06. The Bertz CT molecular complexity index is 887. The third-order valence-electron chi connectivity index (χ3n) is 4.63. The third-order valence-corrected chi connectivity index (χ3v) is 5.50. The normalized spacial score (nSPS) is 17.0. The number of fused-ring (bicyclic) bond motifs is 1.